The predicted molar refractivity (Wildman–Crippen MR) is 82.4 cm³/mol. The minimum Gasteiger partial charge on any atom is -0.497 e. The molecule has 0 saturated carbocycles. The molecule has 3 heteroatoms. The molecule has 0 bridgehead atoms. The number of nitrogens with one attached hydrogen (secondary N) is 1. The second-order valence-corrected chi connectivity index (χ2v) is 5.34. The average molecular weight is 320 g/mol. The molecule has 0 unspecified atom stereocenters. The van der Waals surface area contributed by atoms with Crippen LogP contribution in [0.5, 0.6) is 5.75 Å². The van der Waals surface area contributed by atoms with Crippen molar-refractivity contribution in [3.63, 3.8) is 0 Å². The van der Waals surface area contributed by atoms with Gasteiger partial charge in [-0.25, -0.2) is 0 Å². The molecule has 2 nitrogen and oxygen atoms in total. The lowest BCUT2D eigenvalue weighted by atomic mass is 10.1. The van der Waals surface area contributed by atoms with Gasteiger partial charge in [-0.1, -0.05) is 40.2 Å². The average Bonchev–Trinajstić information content (AvgIpc) is 2.43. The number of hydrogen-bond acceptors (Lipinski definition) is 2. The molecule has 0 amide bonds. The van der Waals surface area contributed by atoms with Crippen molar-refractivity contribution in [1.29, 1.82) is 0 Å². The minimum atomic E-state index is 0.812. The maximum Gasteiger partial charge on any atom is 0.119 e. The summed E-state index contributed by atoms with van der Waals surface area (Å²) >= 11 is 3.56. The highest BCUT2D eigenvalue weighted by atomic mass is 79.9. The van der Waals surface area contributed by atoms with Gasteiger partial charge in [0.1, 0.15) is 5.75 Å². The molecule has 2 aromatic carbocycles. The molecule has 2 rings (SSSR count). The summed E-state index contributed by atoms with van der Waals surface area (Å²) in [6.45, 7) is 3.82. The summed E-state index contributed by atoms with van der Waals surface area (Å²) in [5.41, 5.74) is 3.86. The standard InChI is InChI=1S/C16H18BrNO/c1-12-5-3-4-6-13(12)10-18-11-14-9-15(19-2)7-8-16(14)17/h3-9,18H,10-11H2,1-2H3. The molecule has 0 aromatic heterocycles. The van der Waals surface area contributed by atoms with E-state index in [1.165, 1.54) is 16.7 Å². The van der Waals surface area contributed by atoms with E-state index in [2.05, 4.69) is 58.5 Å². The first kappa shape index (κ1) is 14.1. The van der Waals surface area contributed by atoms with Crippen LogP contribution in [0.1, 0.15) is 16.7 Å². The molecular weight excluding hydrogens is 302 g/mol. The van der Waals surface area contributed by atoms with Gasteiger partial charge in [0.25, 0.3) is 0 Å². The van der Waals surface area contributed by atoms with E-state index in [0.717, 1.165) is 23.3 Å². The van der Waals surface area contributed by atoms with Crippen molar-refractivity contribution in [1.82, 2.24) is 5.32 Å². The molecule has 2 aromatic rings. The Labute approximate surface area is 122 Å². The van der Waals surface area contributed by atoms with Crippen LogP contribution in [-0.4, -0.2) is 7.11 Å². The van der Waals surface area contributed by atoms with Gasteiger partial charge in [0.15, 0.2) is 0 Å². The number of benzene rings is 2. The number of methoxy groups -OCH3 is 1. The van der Waals surface area contributed by atoms with E-state index < -0.39 is 0 Å². The molecular formula is C16H18BrNO. The number of rotatable bonds is 5. The van der Waals surface area contributed by atoms with Crippen molar-refractivity contribution < 1.29 is 4.74 Å². The van der Waals surface area contributed by atoms with E-state index >= 15 is 0 Å². The topological polar surface area (TPSA) is 21.3 Å². The Hall–Kier alpha value is -1.32. The van der Waals surface area contributed by atoms with Crippen molar-refractivity contribution >= 4 is 15.9 Å². The van der Waals surface area contributed by atoms with Gasteiger partial charge in [-0.3, -0.25) is 0 Å². The van der Waals surface area contributed by atoms with E-state index in [-0.39, 0.29) is 0 Å². The largest absolute Gasteiger partial charge is 0.497 e. The number of ether oxygens (including phenoxy) is 1. The molecule has 0 heterocycles. The molecule has 1 N–H and O–H groups in total. The molecule has 0 spiro atoms. The first-order valence-corrected chi connectivity index (χ1v) is 7.07. The van der Waals surface area contributed by atoms with Gasteiger partial charge in [-0.15, -0.1) is 0 Å². The van der Waals surface area contributed by atoms with Crippen molar-refractivity contribution in [2.45, 2.75) is 20.0 Å². The maximum atomic E-state index is 5.24. The lowest BCUT2D eigenvalue weighted by Gasteiger charge is -2.10. The Balaban J connectivity index is 1.98. The molecule has 100 valence electrons. The first-order chi connectivity index (χ1) is 9.20. The third-order valence-electron chi connectivity index (χ3n) is 3.15. The summed E-state index contributed by atoms with van der Waals surface area (Å²) in [5, 5.41) is 3.47. The van der Waals surface area contributed by atoms with Gasteiger partial charge in [0.2, 0.25) is 0 Å². The van der Waals surface area contributed by atoms with Crippen LogP contribution in [0.15, 0.2) is 46.9 Å². The van der Waals surface area contributed by atoms with Crippen LogP contribution < -0.4 is 10.1 Å². The minimum absolute atomic E-state index is 0.812. The Morgan fingerprint density at radius 3 is 2.53 bits per heavy atom. The third-order valence-corrected chi connectivity index (χ3v) is 3.92. The second kappa shape index (κ2) is 6.73. The van der Waals surface area contributed by atoms with Crippen LogP contribution in [0, 0.1) is 6.92 Å². The molecule has 0 fully saturated rings. The SMILES string of the molecule is COc1ccc(Br)c(CNCc2ccccc2C)c1. The molecule has 0 aliphatic carbocycles. The number of hydrogen-bond donors (Lipinski definition) is 1. The zero-order chi connectivity index (χ0) is 13.7. The Morgan fingerprint density at radius 2 is 1.79 bits per heavy atom. The normalized spacial score (nSPS) is 10.5. The van der Waals surface area contributed by atoms with Gasteiger partial charge >= 0.3 is 0 Å². The lowest BCUT2D eigenvalue weighted by Crippen LogP contribution is -2.13. The van der Waals surface area contributed by atoms with Crippen LogP contribution in [0.2, 0.25) is 0 Å². The fourth-order valence-corrected chi connectivity index (χ4v) is 2.34. The van der Waals surface area contributed by atoms with Gasteiger partial charge in [-0.05, 0) is 41.8 Å². The summed E-state index contributed by atoms with van der Waals surface area (Å²) < 4.78 is 6.35. The summed E-state index contributed by atoms with van der Waals surface area (Å²) in [7, 11) is 1.69. The highest BCUT2D eigenvalue weighted by molar-refractivity contribution is 9.10. The summed E-state index contributed by atoms with van der Waals surface area (Å²) in [4.78, 5) is 0. The zero-order valence-corrected chi connectivity index (χ0v) is 12.8. The second-order valence-electron chi connectivity index (χ2n) is 4.49. The Morgan fingerprint density at radius 1 is 1.05 bits per heavy atom. The van der Waals surface area contributed by atoms with Crippen molar-refractivity contribution in [2.75, 3.05) is 7.11 Å². The first-order valence-electron chi connectivity index (χ1n) is 6.28. The summed E-state index contributed by atoms with van der Waals surface area (Å²) in [6, 6.07) is 14.5. The van der Waals surface area contributed by atoms with Crippen molar-refractivity contribution in [3.05, 3.63) is 63.6 Å². The van der Waals surface area contributed by atoms with E-state index in [4.69, 9.17) is 4.74 Å². The van der Waals surface area contributed by atoms with Crippen molar-refractivity contribution in [3.8, 4) is 5.75 Å². The molecule has 0 aliphatic heterocycles. The summed E-state index contributed by atoms with van der Waals surface area (Å²) in [5.74, 6) is 0.885. The maximum absolute atomic E-state index is 5.24. The molecule has 0 radical (unpaired) electrons. The quantitative estimate of drug-likeness (QED) is 0.897. The van der Waals surface area contributed by atoms with Crippen LogP contribution in [0.4, 0.5) is 0 Å². The highest BCUT2D eigenvalue weighted by Crippen LogP contribution is 2.22. The summed E-state index contributed by atoms with van der Waals surface area (Å²) in [6.07, 6.45) is 0. The zero-order valence-electron chi connectivity index (χ0n) is 11.2. The van der Waals surface area contributed by atoms with E-state index in [9.17, 15) is 0 Å². The molecule has 0 saturated heterocycles. The molecule has 19 heavy (non-hydrogen) atoms. The smallest absolute Gasteiger partial charge is 0.119 e. The fraction of sp³-hybridized carbons (Fsp3) is 0.250. The Bertz CT molecular complexity index is 554. The van der Waals surface area contributed by atoms with E-state index in [0.29, 0.717) is 0 Å². The Kier molecular flexibility index (Phi) is 5.00. The molecule has 0 atom stereocenters. The number of aryl methyl sites for hydroxylation is 1. The monoisotopic (exact) mass is 319 g/mol. The third kappa shape index (κ3) is 3.82. The van der Waals surface area contributed by atoms with Gasteiger partial charge in [0.05, 0.1) is 7.11 Å². The van der Waals surface area contributed by atoms with Crippen LogP contribution >= 0.6 is 15.9 Å². The predicted octanol–water partition coefficient (Wildman–Crippen LogP) is 4.06. The fourth-order valence-electron chi connectivity index (χ4n) is 1.95. The van der Waals surface area contributed by atoms with Crippen LogP contribution in [0.3, 0.4) is 0 Å². The van der Waals surface area contributed by atoms with Gasteiger partial charge in [0, 0.05) is 17.6 Å². The number of halogens is 1. The van der Waals surface area contributed by atoms with E-state index in [1.807, 2.05) is 12.1 Å². The van der Waals surface area contributed by atoms with Gasteiger partial charge < -0.3 is 10.1 Å². The highest BCUT2D eigenvalue weighted by Gasteiger charge is 2.02. The van der Waals surface area contributed by atoms with E-state index in [1.54, 1.807) is 7.11 Å². The van der Waals surface area contributed by atoms with Crippen LogP contribution in [-0.2, 0) is 13.1 Å². The molecule has 0 aliphatic rings. The van der Waals surface area contributed by atoms with Crippen molar-refractivity contribution in [2.24, 2.45) is 0 Å². The lowest BCUT2D eigenvalue weighted by molar-refractivity contribution is 0.414. The van der Waals surface area contributed by atoms with Gasteiger partial charge in [-0.2, -0.15) is 0 Å². The van der Waals surface area contributed by atoms with Crippen LogP contribution in [0.25, 0.3) is 0 Å².